The van der Waals surface area contributed by atoms with E-state index in [9.17, 15) is 8.42 Å². The van der Waals surface area contributed by atoms with E-state index in [0.717, 1.165) is 29.1 Å². The van der Waals surface area contributed by atoms with Crippen molar-refractivity contribution in [2.45, 2.75) is 31.2 Å². The monoisotopic (exact) mass is 274 g/mol. The fourth-order valence-electron chi connectivity index (χ4n) is 2.11. The number of hydrogen-bond acceptors (Lipinski definition) is 4. The zero-order chi connectivity index (χ0) is 12.5. The number of hydrogen-bond donors (Lipinski definition) is 1. The smallest absolute Gasteiger partial charge is 0.244 e. The highest BCUT2D eigenvalue weighted by molar-refractivity contribution is 7.89. The highest BCUT2D eigenvalue weighted by atomic mass is 32.2. The predicted octanol–water partition coefficient (Wildman–Crippen LogP) is 1.56. The van der Waals surface area contributed by atoms with E-state index in [0.29, 0.717) is 18.0 Å². The van der Waals surface area contributed by atoms with E-state index >= 15 is 0 Å². The zero-order valence-electron chi connectivity index (χ0n) is 10.2. The van der Waals surface area contributed by atoms with Gasteiger partial charge in [-0.2, -0.15) is 4.31 Å². The minimum Gasteiger partial charge on any atom is -0.315 e. The Morgan fingerprint density at radius 3 is 2.65 bits per heavy atom. The molecule has 0 aromatic carbocycles. The third kappa shape index (κ3) is 2.54. The summed E-state index contributed by atoms with van der Waals surface area (Å²) < 4.78 is 26.4. The van der Waals surface area contributed by atoms with Crippen LogP contribution in [0.25, 0.3) is 0 Å². The van der Waals surface area contributed by atoms with E-state index in [1.165, 1.54) is 0 Å². The number of nitrogens with zero attached hydrogens (tertiary/aromatic N) is 1. The van der Waals surface area contributed by atoms with E-state index in [2.05, 4.69) is 5.32 Å². The van der Waals surface area contributed by atoms with Crippen molar-refractivity contribution in [2.75, 3.05) is 20.1 Å². The van der Waals surface area contributed by atoms with Crippen LogP contribution >= 0.6 is 11.3 Å². The fraction of sp³-hybridized carbons (Fsp3) is 0.636. The van der Waals surface area contributed by atoms with Crippen molar-refractivity contribution in [3.63, 3.8) is 0 Å². The molecule has 6 heteroatoms. The molecule has 0 radical (unpaired) electrons. The Hall–Kier alpha value is -0.430. The Kier molecular flexibility index (Phi) is 3.87. The van der Waals surface area contributed by atoms with Crippen LogP contribution in [0.3, 0.4) is 0 Å². The SMILES string of the molecule is CNCc1cc(S(=O)(=O)N2CCCC2)c(C)s1. The molecule has 1 fully saturated rings. The molecule has 1 saturated heterocycles. The van der Waals surface area contributed by atoms with E-state index in [1.54, 1.807) is 15.6 Å². The second-order valence-electron chi connectivity index (χ2n) is 4.27. The molecule has 1 aliphatic rings. The van der Waals surface area contributed by atoms with Gasteiger partial charge in [0, 0.05) is 29.4 Å². The van der Waals surface area contributed by atoms with Crippen molar-refractivity contribution in [1.82, 2.24) is 9.62 Å². The number of sulfonamides is 1. The molecule has 2 heterocycles. The topological polar surface area (TPSA) is 49.4 Å². The van der Waals surface area contributed by atoms with Crippen LogP contribution in [0.1, 0.15) is 22.6 Å². The van der Waals surface area contributed by atoms with Gasteiger partial charge in [-0.05, 0) is 32.9 Å². The molecule has 0 atom stereocenters. The number of thiophene rings is 1. The Morgan fingerprint density at radius 1 is 1.41 bits per heavy atom. The van der Waals surface area contributed by atoms with Gasteiger partial charge >= 0.3 is 0 Å². The number of aryl methyl sites for hydroxylation is 1. The summed E-state index contributed by atoms with van der Waals surface area (Å²) in [7, 11) is -1.39. The maximum absolute atomic E-state index is 12.4. The second kappa shape index (κ2) is 5.06. The van der Waals surface area contributed by atoms with Crippen LogP contribution in [0, 0.1) is 6.92 Å². The first kappa shape index (κ1) is 13.0. The van der Waals surface area contributed by atoms with Crippen molar-refractivity contribution in [3.05, 3.63) is 15.8 Å². The van der Waals surface area contributed by atoms with Crippen LogP contribution < -0.4 is 5.32 Å². The van der Waals surface area contributed by atoms with E-state index in [-0.39, 0.29) is 0 Å². The average Bonchev–Trinajstić information content (AvgIpc) is 2.88. The third-order valence-corrected chi connectivity index (χ3v) is 6.16. The van der Waals surface area contributed by atoms with Gasteiger partial charge in [-0.1, -0.05) is 0 Å². The first-order chi connectivity index (χ1) is 8.05. The molecular weight excluding hydrogens is 256 g/mol. The molecule has 0 bridgehead atoms. The van der Waals surface area contributed by atoms with Crippen LogP contribution in [0.15, 0.2) is 11.0 Å². The standard InChI is InChI=1S/C11H18N2O2S2/c1-9-11(7-10(16-9)8-12-2)17(14,15)13-5-3-4-6-13/h7,12H,3-6,8H2,1-2H3. The molecule has 0 aliphatic carbocycles. The lowest BCUT2D eigenvalue weighted by molar-refractivity contribution is 0.477. The first-order valence-electron chi connectivity index (χ1n) is 5.80. The van der Waals surface area contributed by atoms with Crippen LogP contribution in [0.5, 0.6) is 0 Å². The van der Waals surface area contributed by atoms with Gasteiger partial charge in [-0.25, -0.2) is 8.42 Å². The summed E-state index contributed by atoms with van der Waals surface area (Å²) in [6.07, 6.45) is 1.96. The molecule has 0 spiro atoms. The normalized spacial score (nSPS) is 17.8. The average molecular weight is 274 g/mol. The van der Waals surface area contributed by atoms with Crippen LogP contribution in [0.2, 0.25) is 0 Å². The number of rotatable bonds is 4. The Labute approximate surface area is 107 Å². The quantitative estimate of drug-likeness (QED) is 0.906. The van der Waals surface area contributed by atoms with Crippen molar-refractivity contribution in [1.29, 1.82) is 0 Å². The minimum atomic E-state index is -3.25. The van der Waals surface area contributed by atoms with Gasteiger partial charge in [0.1, 0.15) is 0 Å². The maximum atomic E-state index is 12.4. The van der Waals surface area contributed by atoms with Gasteiger partial charge in [0.25, 0.3) is 0 Å². The Bertz CT molecular complexity index is 488. The third-order valence-electron chi connectivity index (χ3n) is 2.96. The summed E-state index contributed by atoms with van der Waals surface area (Å²) in [6, 6.07) is 1.81. The molecule has 1 aliphatic heterocycles. The molecule has 0 unspecified atom stereocenters. The van der Waals surface area contributed by atoms with Gasteiger partial charge in [0.15, 0.2) is 0 Å². The lowest BCUT2D eigenvalue weighted by Crippen LogP contribution is -2.27. The molecule has 96 valence electrons. The van der Waals surface area contributed by atoms with Crippen molar-refractivity contribution in [2.24, 2.45) is 0 Å². The van der Waals surface area contributed by atoms with Gasteiger partial charge in [-0.15, -0.1) is 11.3 Å². The van der Waals surface area contributed by atoms with E-state index in [1.807, 2.05) is 20.0 Å². The predicted molar refractivity (Wildman–Crippen MR) is 69.8 cm³/mol. The van der Waals surface area contributed by atoms with Crippen molar-refractivity contribution < 1.29 is 8.42 Å². The fourth-order valence-corrected chi connectivity index (χ4v) is 5.24. The highest BCUT2D eigenvalue weighted by Gasteiger charge is 2.29. The van der Waals surface area contributed by atoms with Crippen molar-refractivity contribution >= 4 is 21.4 Å². The molecule has 0 saturated carbocycles. The lowest BCUT2D eigenvalue weighted by Gasteiger charge is -2.14. The second-order valence-corrected chi connectivity index (χ2v) is 7.52. The van der Waals surface area contributed by atoms with Crippen LogP contribution in [-0.4, -0.2) is 32.9 Å². The molecule has 4 nitrogen and oxygen atoms in total. The summed E-state index contributed by atoms with van der Waals surface area (Å²) in [5.74, 6) is 0. The van der Waals surface area contributed by atoms with Crippen LogP contribution in [0.4, 0.5) is 0 Å². The van der Waals surface area contributed by atoms with E-state index in [4.69, 9.17) is 0 Å². The molecule has 17 heavy (non-hydrogen) atoms. The lowest BCUT2D eigenvalue weighted by atomic mass is 10.4. The Morgan fingerprint density at radius 2 is 2.06 bits per heavy atom. The van der Waals surface area contributed by atoms with Gasteiger partial charge in [0.05, 0.1) is 4.90 Å². The molecule has 0 amide bonds. The van der Waals surface area contributed by atoms with Crippen molar-refractivity contribution in [3.8, 4) is 0 Å². The summed E-state index contributed by atoms with van der Waals surface area (Å²) >= 11 is 1.56. The van der Waals surface area contributed by atoms with Gasteiger partial charge in [-0.3, -0.25) is 0 Å². The minimum absolute atomic E-state index is 0.495. The summed E-state index contributed by atoms with van der Waals surface area (Å²) in [4.78, 5) is 2.46. The molecule has 2 rings (SSSR count). The summed E-state index contributed by atoms with van der Waals surface area (Å²) in [5.41, 5.74) is 0. The Balaban J connectivity index is 2.32. The summed E-state index contributed by atoms with van der Waals surface area (Å²) in [6.45, 7) is 3.94. The van der Waals surface area contributed by atoms with Gasteiger partial charge in [0.2, 0.25) is 10.0 Å². The van der Waals surface area contributed by atoms with E-state index < -0.39 is 10.0 Å². The zero-order valence-corrected chi connectivity index (χ0v) is 11.8. The summed E-state index contributed by atoms with van der Waals surface area (Å²) in [5, 5.41) is 3.05. The molecule has 1 aromatic heterocycles. The largest absolute Gasteiger partial charge is 0.315 e. The highest BCUT2D eigenvalue weighted by Crippen LogP contribution is 2.29. The maximum Gasteiger partial charge on any atom is 0.244 e. The molecular formula is C11H18N2O2S2. The van der Waals surface area contributed by atoms with Gasteiger partial charge < -0.3 is 5.32 Å². The van der Waals surface area contributed by atoms with Crippen LogP contribution in [-0.2, 0) is 16.6 Å². The first-order valence-corrected chi connectivity index (χ1v) is 8.05. The number of nitrogens with one attached hydrogen (secondary N) is 1. The molecule has 1 aromatic rings. The molecule has 1 N–H and O–H groups in total.